The molecule has 1 aliphatic rings. The van der Waals surface area contributed by atoms with Gasteiger partial charge < -0.3 is 10.2 Å². The minimum atomic E-state index is 0.0849. The first-order valence-electron chi connectivity index (χ1n) is 8.19. The Morgan fingerprint density at radius 3 is 2.71 bits per heavy atom. The van der Waals surface area contributed by atoms with Crippen molar-refractivity contribution in [3.8, 4) is 0 Å². The zero-order valence-electron chi connectivity index (χ0n) is 13.8. The van der Waals surface area contributed by atoms with Crippen LogP contribution >= 0.6 is 11.8 Å². The number of benzene rings is 1. The highest BCUT2D eigenvalue weighted by Gasteiger charge is 2.25. The smallest absolute Gasteiger partial charge is 0.223 e. The average Bonchev–Trinajstić information content (AvgIpc) is 2.67. The summed E-state index contributed by atoms with van der Waals surface area (Å²) >= 11 is 1.59. The molecular formula is C18H22N4OS. The number of hydrogen-bond acceptors (Lipinski definition) is 5. The molecule has 1 saturated heterocycles. The zero-order valence-corrected chi connectivity index (χ0v) is 14.6. The highest BCUT2D eigenvalue weighted by molar-refractivity contribution is 7.98. The van der Waals surface area contributed by atoms with E-state index in [1.807, 2.05) is 36.6 Å². The number of nitrogens with one attached hydrogen (secondary N) is 1. The Hall–Kier alpha value is -2.08. The molecule has 126 valence electrons. The fraction of sp³-hybridized carbons (Fsp3) is 0.389. The fourth-order valence-corrected chi connectivity index (χ4v) is 3.24. The summed E-state index contributed by atoms with van der Waals surface area (Å²) in [6.07, 6.45) is 7.28. The fourth-order valence-electron chi connectivity index (χ4n) is 2.89. The molecule has 1 fully saturated rings. The van der Waals surface area contributed by atoms with E-state index in [1.165, 1.54) is 0 Å². The maximum absolute atomic E-state index is 12.4. The number of piperidine rings is 1. The van der Waals surface area contributed by atoms with Gasteiger partial charge in [0.15, 0.2) is 0 Å². The van der Waals surface area contributed by atoms with Crippen molar-refractivity contribution in [3.05, 3.63) is 48.3 Å². The molecule has 0 spiro atoms. The quantitative estimate of drug-likeness (QED) is 0.847. The number of anilines is 1. The molecule has 0 atom stereocenters. The summed E-state index contributed by atoms with van der Waals surface area (Å²) in [5.74, 6) is 1.15. The first-order valence-corrected chi connectivity index (χ1v) is 9.41. The summed E-state index contributed by atoms with van der Waals surface area (Å²) in [4.78, 5) is 23.4. The van der Waals surface area contributed by atoms with Crippen LogP contribution in [0.15, 0.2) is 47.8 Å². The zero-order chi connectivity index (χ0) is 16.8. The minimum Gasteiger partial charge on any atom is -0.355 e. The highest BCUT2D eigenvalue weighted by atomic mass is 32.2. The molecule has 1 aromatic heterocycles. The summed E-state index contributed by atoms with van der Waals surface area (Å²) in [5, 5.41) is 3.98. The standard InChI is InChI=1S/C18H22N4OS/c1-24-17-13-19-12-16(21-17)22-9-7-15(8-10-22)18(23)20-11-14-5-3-2-4-6-14/h2-6,12-13,15H,7-11H2,1H3,(H,20,23). The van der Waals surface area contributed by atoms with Crippen molar-refractivity contribution in [2.75, 3.05) is 24.2 Å². The number of rotatable bonds is 5. The third kappa shape index (κ3) is 4.26. The molecule has 0 saturated carbocycles. The molecule has 1 aliphatic heterocycles. The molecule has 0 bridgehead atoms. The molecule has 24 heavy (non-hydrogen) atoms. The van der Waals surface area contributed by atoms with Gasteiger partial charge in [-0.25, -0.2) is 4.98 Å². The second-order valence-corrected chi connectivity index (χ2v) is 6.71. The number of nitrogens with zero attached hydrogens (tertiary/aromatic N) is 3. The summed E-state index contributed by atoms with van der Waals surface area (Å²) in [7, 11) is 0. The number of carbonyl (C=O) groups excluding carboxylic acids is 1. The van der Waals surface area contributed by atoms with Crippen LogP contribution in [-0.4, -0.2) is 35.2 Å². The number of thioether (sulfide) groups is 1. The van der Waals surface area contributed by atoms with Crippen LogP contribution < -0.4 is 10.2 Å². The van der Waals surface area contributed by atoms with Crippen LogP contribution in [0.3, 0.4) is 0 Å². The molecular weight excluding hydrogens is 320 g/mol. The molecule has 0 radical (unpaired) electrons. The van der Waals surface area contributed by atoms with E-state index in [2.05, 4.69) is 20.2 Å². The monoisotopic (exact) mass is 342 g/mol. The maximum atomic E-state index is 12.4. The van der Waals surface area contributed by atoms with Crippen LogP contribution in [0.25, 0.3) is 0 Å². The number of aromatic nitrogens is 2. The lowest BCUT2D eigenvalue weighted by molar-refractivity contribution is -0.125. The van der Waals surface area contributed by atoms with Crippen molar-refractivity contribution in [2.24, 2.45) is 5.92 Å². The van der Waals surface area contributed by atoms with Gasteiger partial charge >= 0.3 is 0 Å². The number of carbonyl (C=O) groups is 1. The second-order valence-electron chi connectivity index (χ2n) is 5.88. The van der Waals surface area contributed by atoms with Crippen LogP contribution in [0, 0.1) is 5.92 Å². The molecule has 2 aromatic rings. The van der Waals surface area contributed by atoms with E-state index in [0.29, 0.717) is 6.54 Å². The van der Waals surface area contributed by atoms with Gasteiger partial charge in [-0.2, -0.15) is 0 Å². The van der Waals surface area contributed by atoms with Crippen LogP contribution in [0.5, 0.6) is 0 Å². The largest absolute Gasteiger partial charge is 0.355 e. The Balaban J connectivity index is 1.50. The first-order chi connectivity index (χ1) is 11.8. The van der Waals surface area contributed by atoms with Crippen molar-refractivity contribution < 1.29 is 4.79 Å². The van der Waals surface area contributed by atoms with Crippen LogP contribution in [0.2, 0.25) is 0 Å². The Morgan fingerprint density at radius 2 is 2.00 bits per heavy atom. The maximum Gasteiger partial charge on any atom is 0.223 e. The normalized spacial score (nSPS) is 15.3. The predicted octanol–water partition coefficient (Wildman–Crippen LogP) is 2.73. The topological polar surface area (TPSA) is 58.1 Å². The molecule has 6 heteroatoms. The third-order valence-electron chi connectivity index (χ3n) is 4.31. The van der Waals surface area contributed by atoms with Gasteiger partial charge in [0.05, 0.1) is 12.4 Å². The van der Waals surface area contributed by atoms with Gasteiger partial charge in [0.25, 0.3) is 0 Å². The Labute approximate surface area is 146 Å². The predicted molar refractivity (Wildman–Crippen MR) is 97.0 cm³/mol. The van der Waals surface area contributed by atoms with E-state index >= 15 is 0 Å². The van der Waals surface area contributed by atoms with E-state index in [4.69, 9.17) is 0 Å². The summed E-state index contributed by atoms with van der Waals surface area (Å²) in [6.45, 7) is 2.28. The van der Waals surface area contributed by atoms with E-state index in [1.54, 1.807) is 24.2 Å². The van der Waals surface area contributed by atoms with E-state index in [9.17, 15) is 4.79 Å². The van der Waals surface area contributed by atoms with Gasteiger partial charge in [0, 0.05) is 25.6 Å². The Kier molecular flexibility index (Phi) is 5.69. The average molecular weight is 342 g/mol. The number of hydrogen-bond donors (Lipinski definition) is 1. The lowest BCUT2D eigenvalue weighted by Crippen LogP contribution is -2.40. The molecule has 1 N–H and O–H groups in total. The van der Waals surface area contributed by atoms with Crippen LogP contribution in [0.1, 0.15) is 18.4 Å². The van der Waals surface area contributed by atoms with Gasteiger partial charge in [0.2, 0.25) is 5.91 Å². The molecule has 0 unspecified atom stereocenters. The molecule has 3 rings (SSSR count). The Morgan fingerprint density at radius 1 is 1.25 bits per heavy atom. The summed E-state index contributed by atoms with van der Waals surface area (Å²) < 4.78 is 0. The minimum absolute atomic E-state index is 0.0849. The van der Waals surface area contributed by atoms with Gasteiger partial charge in [0.1, 0.15) is 10.8 Å². The van der Waals surface area contributed by atoms with E-state index in [-0.39, 0.29) is 11.8 Å². The van der Waals surface area contributed by atoms with Crippen molar-refractivity contribution in [3.63, 3.8) is 0 Å². The lowest BCUT2D eigenvalue weighted by atomic mass is 9.96. The molecule has 5 nitrogen and oxygen atoms in total. The van der Waals surface area contributed by atoms with Gasteiger partial charge in [-0.05, 0) is 24.7 Å². The SMILES string of the molecule is CSc1cncc(N2CCC(C(=O)NCc3ccccc3)CC2)n1. The first kappa shape index (κ1) is 16.8. The second kappa shape index (κ2) is 8.15. The van der Waals surface area contributed by atoms with E-state index in [0.717, 1.165) is 42.3 Å². The van der Waals surface area contributed by atoms with Gasteiger partial charge in [-0.15, -0.1) is 11.8 Å². The lowest BCUT2D eigenvalue weighted by Gasteiger charge is -2.32. The van der Waals surface area contributed by atoms with Gasteiger partial charge in [-0.3, -0.25) is 9.78 Å². The van der Waals surface area contributed by atoms with Crippen LogP contribution in [-0.2, 0) is 11.3 Å². The molecule has 1 aromatic carbocycles. The molecule has 0 aliphatic carbocycles. The van der Waals surface area contributed by atoms with Gasteiger partial charge in [-0.1, -0.05) is 30.3 Å². The summed E-state index contributed by atoms with van der Waals surface area (Å²) in [6, 6.07) is 10.0. The third-order valence-corrected chi connectivity index (χ3v) is 4.92. The summed E-state index contributed by atoms with van der Waals surface area (Å²) in [5.41, 5.74) is 1.13. The van der Waals surface area contributed by atoms with Crippen molar-refractivity contribution in [2.45, 2.75) is 24.4 Å². The van der Waals surface area contributed by atoms with Crippen molar-refractivity contribution in [1.29, 1.82) is 0 Å². The Bertz CT molecular complexity index is 672. The van der Waals surface area contributed by atoms with Crippen molar-refractivity contribution >= 4 is 23.5 Å². The highest BCUT2D eigenvalue weighted by Crippen LogP contribution is 2.23. The molecule has 1 amide bonds. The molecule has 2 heterocycles. The number of amides is 1. The van der Waals surface area contributed by atoms with E-state index < -0.39 is 0 Å². The van der Waals surface area contributed by atoms with Crippen molar-refractivity contribution in [1.82, 2.24) is 15.3 Å². The van der Waals surface area contributed by atoms with Crippen LogP contribution in [0.4, 0.5) is 5.82 Å².